The molecule has 2 nitrogen and oxygen atoms in total. The lowest BCUT2D eigenvalue weighted by Crippen LogP contribution is -2.43. The Bertz CT molecular complexity index is 685. The number of hydrogen-bond donors (Lipinski definition) is 1. The number of hydrogen-bond acceptors (Lipinski definition) is 2. The van der Waals surface area contributed by atoms with Crippen molar-refractivity contribution in [3.63, 3.8) is 0 Å². The van der Waals surface area contributed by atoms with Crippen molar-refractivity contribution >= 4 is 24.6 Å². The van der Waals surface area contributed by atoms with Crippen LogP contribution in [0.3, 0.4) is 0 Å². The van der Waals surface area contributed by atoms with E-state index in [1.54, 1.807) is 12.1 Å². The van der Waals surface area contributed by atoms with Gasteiger partial charge in [-0.15, -0.1) is 12.4 Å². The van der Waals surface area contributed by atoms with Crippen LogP contribution in [0.25, 0.3) is 12.2 Å². The summed E-state index contributed by atoms with van der Waals surface area (Å²) in [6.45, 7) is 4.81. The minimum Gasteiger partial charge on any atom is -0.508 e. The van der Waals surface area contributed by atoms with E-state index in [2.05, 4.69) is 47.9 Å². The predicted octanol–water partition coefficient (Wildman–Crippen LogP) is 4.79. The SMILES string of the molecule is Cl.Oc1ccc(C=Cc2ccc([C]3[CH]N4CCC3CC4)cc2)cc1. The molecule has 3 fully saturated rings. The van der Waals surface area contributed by atoms with Gasteiger partial charge in [0.25, 0.3) is 0 Å². The van der Waals surface area contributed by atoms with Gasteiger partial charge in [-0.05, 0) is 60.7 Å². The lowest BCUT2D eigenvalue weighted by molar-refractivity contribution is 0.179. The number of fused-ring (bicyclic) bond motifs is 3. The van der Waals surface area contributed by atoms with Gasteiger partial charge in [-0.2, -0.15) is 0 Å². The standard InChI is InChI=1S/C21H21NO.ClH/c23-20-9-5-17(6-10-20)2-1-16-3-7-18(8-4-16)21-15-22-13-11-19(21)12-14-22;/h1-10,15,19,23H,11-14H2;1H. The second-order valence-corrected chi connectivity index (χ2v) is 6.44. The molecule has 0 aromatic heterocycles. The topological polar surface area (TPSA) is 23.5 Å². The average Bonchev–Trinajstić information content (AvgIpc) is 2.63. The molecular weight excluding hydrogens is 318 g/mol. The second kappa shape index (κ2) is 7.42. The third-order valence-electron chi connectivity index (χ3n) is 4.90. The molecule has 0 amide bonds. The lowest BCUT2D eigenvalue weighted by atomic mass is 9.75. The number of rotatable bonds is 3. The highest BCUT2D eigenvalue weighted by molar-refractivity contribution is 5.85. The van der Waals surface area contributed by atoms with Gasteiger partial charge in [-0.3, -0.25) is 4.90 Å². The zero-order valence-corrected chi connectivity index (χ0v) is 14.4. The fraction of sp³-hybridized carbons (Fsp3) is 0.238. The first-order valence-corrected chi connectivity index (χ1v) is 8.31. The summed E-state index contributed by atoms with van der Waals surface area (Å²) in [6.07, 6.45) is 6.78. The van der Waals surface area contributed by atoms with Crippen molar-refractivity contribution in [2.24, 2.45) is 5.92 Å². The molecule has 2 aromatic rings. The molecule has 0 aliphatic carbocycles. The fourth-order valence-electron chi connectivity index (χ4n) is 3.52. The van der Waals surface area contributed by atoms with Crippen molar-refractivity contribution in [2.75, 3.05) is 13.1 Å². The summed E-state index contributed by atoms with van der Waals surface area (Å²) < 4.78 is 0. The van der Waals surface area contributed by atoms with Crippen LogP contribution in [0.5, 0.6) is 5.75 Å². The largest absolute Gasteiger partial charge is 0.508 e. The van der Waals surface area contributed by atoms with Crippen molar-refractivity contribution in [3.05, 3.63) is 77.7 Å². The third kappa shape index (κ3) is 3.66. The summed E-state index contributed by atoms with van der Waals surface area (Å²) in [6, 6.07) is 16.1. The van der Waals surface area contributed by atoms with Gasteiger partial charge >= 0.3 is 0 Å². The number of piperidine rings is 3. The maximum absolute atomic E-state index is 9.31. The van der Waals surface area contributed by atoms with E-state index < -0.39 is 0 Å². The Labute approximate surface area is 150 Å². The normalized spacial score (nSPS) is 23.3. The van der Waals surface area contributed by atoms with Gasteiger partial charge in [0.05, 0.1) is 0 Å². The zero-order chi connectivity index (χ0) is 15.6. The van der Waals surface area contributed by atoms with Crippen LogP contribution in [0.15, 0.2) is 48.5 Å². The van der Waals surface area contributed by atoms with Crippen LogP contribution in [0.1, 0.15) is 29.5 Å². The maximum atomic E-state index is 9.31. The summed E-state index contributed by atoms with van der Waals surface area (Å²) in [5.74, 6) is 2.56. The van der Waals surface area contributed by atoms with Crippen LogP contribution in [0, 0.1) is 18.4 Å². The average molecular weight is 340 g/mol. The molecule has 2 bridgehead atoms. The van der Waals surface area contributed by atoms with Crippen LogP contribution in [-0.2, 0) is 0 Å². The Kier molecular flexibility index (Phi) is 5.27. The van der Waals surface area contributed by atoms with E-state index in [0.29, 0.717) is 5.75 Å². The van der Waals surface area contributed by atoms with E-state index in [4.69, 9.17) is 0 Å². The highest BCUT2D eigenvalue weighted by atomic mass is 35.5. The molecule has 3 heterocycles. The van der Waals surface area contributed by atoms with Gasteiger partial charge in [0, 0.05) is 12.5 Å². The molecule has 24 heavy (non-hydrogen) atoms. The zero-order valence-electron chi connectivity index (χ0n) is 13.6. The highest BCUT2D eigenvalue weighted by Gasteiger charge is 2.35. The molecule has 3 heteroatoms. The first-order chi connectivity index (χ1) is 11.3. The van der Waals surface area contributed by atoms with Gasteiger partial charge in [0.2, 0.25) is 0 Å². The van der Waals surface area contributed by atoms with Crippen LogP contribution < -0.4 is 0 Å². The monoisotopic (exact) mass is 339 g/mol. The smallest absolute Gasteiger partial charge is 0.115 e. The Balaban J connectivity index is 0.00000169. The van der Waals surface area contributed by atoms with E-state index in [9.17, 15) is 5.11 Å². The van der Waals surface area contributed by atoms with E-state index in [0.717, 1.165) is 11.5 Å². The molecule has 3 saturated heterocycles. The van der Waals surface area contributed by atoms with Crippen LogP contribution >= 0.6 is 12.4 Å². The summed E-state index contributed by atoms with van der Waals surface area (Å²) in [5.41, 5.74) is 3.65. The third-order valence-corrected chi connectivity index (χ3v) is 4.90. The Morgan fingerprint density at radius 1 is 0.833 bits per heavy atom. The summed E-state index contributed by atoms with van der Waals surface area (Å²) in [7, 11) is 0. The van der Waals surface area contributed by atoms with Gasteiger partial charge in [-0.25, -0.2) is 0 Å². The van der Waals surface area contributed by atoms with Crippen molar-refractivity contribution in [1.29, 1.82) is 0 Å². The first-order valence-electron chi connectivity index (χ1n) is 8.31. The Morgan fingerprint density at radius 3 is 1.88 bits per heavy atom. The first kappa shape index (κ1) is 17.1. The molecule has 0 saturated carbocycles. The molecule has 3 aliphatic rings. The van der Waals surface area contributed by atoms with Crippen molar-refractivity contribution < 1.29 is 5.11 Å². The summed E-state index contributed by atoms with van der Waals surface area (Å²) >= 11 is 0. The maximum Gasteiger partial charge on any atom is 0.115 e. The highest BCUT2D eigenvalue weighted by Crippen LogP contribution is 2.40. The fourth-order valence-corrected chi connectivity index (χ4v) is 3.52. The molecule has 2 aromatic carbocycles. The van der Waals surface area contributed by atoms with Gasteiger partial charge in [0.1, 0.15) is 5.75 Å². The lowest BCUT2D eigenvalue weighted by Gasteiger charge is -2.44. The minimum absolute atomic E-state index is 0. The van der Waals surface area contributed by atoms with Crippen molar-refractivity contribution in [2.45, 2.75) is 12.8 Å². The molecule has 3 aliphatic heterocycles. The number of phenolic OH excluding ortho intramolecular Hbond substituents is 1. The molecule has 1 N–H and O–H groups in total. The molecule has 2 radical (unpaired) electrons. The van der Waals surface area contributed by atoms with E-state index in [1.807, 2.05) is 12.1 Å². The van der Waals surface area contributed by atoms with E-state index >= 15 is 0 Å². The summed E-state index contributed by atoms with van der Waals surface area (Å²) in [5, 5.41) is 9.31. The van der Waals surface area contributed by atoms with Gasteiger partial charge in [-0.1, -0.05) is 48.6 Å². The van der Waals surface area contributed by atoms with Crippen LogP contribution in [0.4, 0.5) is 0 Å². The number of aromatic hydroxyl groups is 1. The Morgan fingerprint density at radius 2 is 1.38 bits per heavy atom. The molecule has 0 atom stereocenters. The number of halogens is 1. The van der Waals surface area contributed by atoms with Crippen molar-refractivity contribution in [3.8, 4) is 5.75 Å². The van der Waals surface area contributed by atoms with Gasteiger partial charge < -0.3 is 5.11 Å². The Hall–Kier alpha value is -1.77. The second-order valence-electron chi connectivity index (χ2n) is 6.44. The quantitative estimate of drug-likeness (QED) is 0.812. The number of nitrogens with zero attached hydrogens (tertiary/aromatic N) is 1. The number of benzene rings is 2. The molecular formula is C21H22ClNO. The molecule has 0 unspecified atom stereocenters. The van der Waals surface area contributed by atoms with Gasteiger partial charge in [0.15, 0.2) is 0 Å². The molecule has 5 rings (SSSR count). The number of phenols is 1. The van der Waals surface area contributed by atoms with E-state index in [1.165, 1.54) is 43.0 Å². The predicted molar refractivity (Wildman–Crippen MR) is 102 cm³/mol. The minimum atomic E-state index is 0. The van der Waals surface area contributed by atoms with Crippen molar-refractivity contribution in [1.82, 2.24) is 4.90 Å². The molecule has 0 spiro atoms. The summed E-state index contributed by atoms with van der Waals surface area (Å²) in [4.78, 5) is 2.45. The van der Waals surface area contributed by atoms with Crippen LogP contribution in [0.2, 0.25) is 0 Å². The van der Waals surface area contributed by atoms with Crippen LogP contribution in [-0.4, -0.2) is 23.1 Å². The van der Waals surface area contributed by atoms with E-state index in [-0.39, 0.29) is 12.4 Å². The molecule has 124 valence electrons.